The van der Waals surface area contributed by atoms with Gasteiger partial charge < -0.3 is 22.0 Å². The molecule has 0 aromatic heterocycles. The molecule has 0 atom stereocenters. The van der Waals surface area contributed by atoms with Gasteiger partial charge in [-0.3, -0.25) is 0 Å². The molecule has 0 N–H and O–H groups in total. The van der Waals surface area contributed by atoms with E-state index in [1.165, 1.54) is 0 Å². The van der Waals surface area contributed by atoms with Gasteiger partial charge in [-0.2, -0.15) is 0 Å². The second-order valence-electron chi connectivity index (χ2n) is 3.01. The van der Waals surface area contributed by atoms with Crippen LogP contribution < -0.4 is 0 Å². The molecule has 1 rings (SSSR count). The summed E-state index contributed by atoms with van der Waals surface area (Å²) in [5, 5.41) is 0. The third-order valence-electron chi connectivity index (χ3n) is 1.47. The zero-order chi connectivity index (χ0) is 12.6. The molecule has 2 nitrogen and oxygen atoms in total. The predicted octanol–water partition coefficient (Wildman–Crippen LogP) is 2.49. The first kappa shape index (κ1) is 14.7. The second kappa shape index (κ2) is 7.08. The van der Waals surface area contributed by atoms with Gasteiger partial charge in [-0.15, -0.1) is 0 Å². The van der Waals surface area contributed by atoms with E-state index in [1.54, 1.807) is 0 Å². The number of allylic oxidation sites excluding steroid dienone is 3. The van der Waals surface area contributed by atoms with Crippen molar-refractivity contribution in [3.8, 4) is 0 Å². The highest BCUT2D eigenvalue weighted by molar-refractivity contribution is 6.50. The molecule has 0 aliphatic carbocycles. The molecule has 92 valence electrons. The van der Waals surface area contributed by atoms with Gasteiger partial charge in [0.05, 0.1) is 6.61 Å². The van der Waals surface area contributed by atoms with Crippen molar-refractivity contribution >= 4 is 13.5 Å². The zero-order valence-corrected chi connectivity index (χ0v) is 9.17. The van der Waals surface area contributed by atoms with Crippen LogP contribution in [0.2, 0.25) is 0 Å². The van der Waals surface area contributed by atoms with Gasteiger partial charge in [0.1, 0.15) is 7.05 Å². The summed E-state index contributed by atoms with van der Waals surface area (Å²) in [5.74, 6) is 1.03. The van der Waals surface area contributed by atoms with E-state index in [1.807, 2.05) is 38.4 Å². The highest BCUT2D eigenvalue weighted by Crippen LogP contribution is 2.06. The minimum atomic E-state index is -6.00. The summed E-state index contributed by atoms with van der Waals surface area (Å²) in [6.07, 6.45) is 8.03. The molecule has 16 heavy (non-hydrogen) atoms. The normalized spacial score (nSPS) is 15.4. The van der Waals surface area contributed by atoms with Crippen LogP contribution in [-0.4, -0.2) is 38.2 Å². The van der Waals surface area contributed by atoms with Gasteiger partial charge in [-0.1, -0.05) is 6.08 Å². The minimum absolute atomic E-state index is 0.744. The van der Waals surface area contributed by atoms with Crippen molar-refractivity contribution in [3.05, 3.63) is 24.0 Å². The fourth-order valence-electron chi connectivity index (χ4n) is 0.990. The fourth-order valence-corrected chi connectivity index (χ4v) is 0.990. The topological polar surface area (TPSA) is 12.2 Å². The predicted molar refractivity (Wildman–Crippen MR) is 56.2 cm³/mol. The minimum Gasteiger partial charge on any atom is -0.492 e. The van der Waals surface area contributed by atoms with Gasteiger partial charge in [0.2, 0.25) is 0 Å². The lowest BCUT2D eigenvalue weighted by molar-refractivity contribution is -0.486. The maximum absolute atomic E-state index is 9.75. The van der Waals surface area contributed by atoms with Crippen molar-refractivity contribution in [3.63, 3.8) is 0 Å². The van der Waals surface area contributed by atoms with Crippen LogP contribution in [0.3, 0.4) is 0 Å². The Balaban J connectivity index is 0.000000385. The smallest absolute Gasteiger partial charge is 0.492 e. The van der Waals surface area contributed by atoms with E-state index in [-0.39, 0.29) is 0 Å². The van der Waals surface area contributed by atoms with Gasteiger partial charge in [-0.25, -0.2) is 4.58 Å². The van der Waals surface area contributed by atoms with Crippen molar-refractivity contribution in [2.24, 2.45) is 0 Å². The van der Waals surface area contributed by atoms with E-state index in [0.717, 1.165) is 18.9 Å². The summed E-state index contributed by atoms with van der Waals surface area (Å²) < 4.78 is 46.5. The number of ether oxygens (including phenoxy) is 1. The summed E-state index contributed by atoms with van der Waals surface area (Å²) >= 11 is 0. The lowest BCUT2D eigenvalue weighted by atomic mass is 10.3. The van der Waals surface area contributed by atoms with Gasteiger partial charge >= 0.3 is 7.25 Å². The molecular formula is C9H14BF4NO. The van der Waals surface area contributed by atoms with Gasteiger partial charge in [0.15, 0.2) is 18.5 Å². The van der Waals surface area contributed by atoms with E-state index in [4.69, 9.17) is 4.74 Å². The van der Waals surface area contributed by atoms with Crippen LogP contribution in [0.25, 0.3) is 0 Å². The third kappa shape index (κ3) is 10.8. The molecule has 0 bridgehead atoms. The SMILES string of the molecule is CCOC1=CC=CC=[N+](C)C1.F[B-](F)(F)F. The zero-order valence-electron chi connectivity index (χ0n) is 9.17. The van der Waals surface area contributed by atoms with Crippen LogP contribution in [0, 0.1) is 0 Å². The monoisotopic (exact) mass is 239 g/mol. The molecule has 1 heterocycles. The Labute approximate surface area is 92.0 Å². The van der Waals surface area contributed by atoms with E-state index in [2.05, 4.69) is 4.58 Å². The lowest BCUT2D eigenvalue weighted by Gasteiger charge is -2.03. The Kier molecular flexibility index (Phi) is 6.52. The molecule has 1 aliphatic heterocycles. The molecule has 0 radical (unpaired) electrons. The van der Waals surface area contributed by atoms with Gasteiger partial charge in [0, 0.05) is 6.08 Å². The summed E-state index contributed by atoms with van der Waals surface area (Å²) in [6, 6.07) is 0. The highest BCUT2D eigenvalue weighted by atomic mass is 19.5. The molecule has 0 spiro atoms. The quantitative estimate of drug-likeness (QED) is 0.409. The van der Waals surface area contributed by atoms with Crippen molar-refractivity contribution in [2.75, 3.05) is 20.2 Å². The largest absolute Gasteiger partial charge is 0.673 e. The van der Waals surface area contributed by atoms with Crippen molar-refractivity contribution in [1.82, 2.24) is 0 Å². The first-order valence-electron chi connectivity index (χ1n) is 4.74. The Morgan fingerprint density at radius 1 is 1.31 bits per heavy atom. The fraction of sp³-hybridized carbons (Fsp3) is 0.444. The van der Waals surface area contributed by atoms with E-state index in [9.17, 15) is 17.3 Å². The van der Waals surface area contributed by atoms with Crippen LogP contribution in [-0.2, 0) is 4.74 Å². The Morgan fingerprint density at radius 2 is 1.88 bits per heavy atom. The molecule has 1 aliphatic rings. The van der Waals surface area contributed by atoms with Crippen molar-refractivity contribution in [1.29, 1.82) is 0 Å². The summed E-state index contributed by atoms with van der Waals surface area (Å²) in [5.41, 5.74) is 0. The van der Waals surface area contributed by atoms with Crippen LogP contribution in [0.4, 0.5) is 17.3 Å². The maximum Gasteiger partial charge on any atom is 0.673 e. The Hall–Kier alpha value is -1.27. The molecule has 7 heteroatoms. The van der Waals surface area contributed by atoms with E-state index < -0.39 is 7.25 Å². The summed E-state index contributed by atoms with van der Waals surface area (Å²) in [4.78, 5) is 0. The van der Waals surface area contributed by atoms with Crippen molar-refractivity contribution in [2.45, 2.75) is 6.92 Å². The number of hydrogen-bond acceptors (Lipinski definition) is 1. The lowest BCUT2D eigenvalue weighted by Crippen LogP contribution is -2.11. The van der Waals surface area contributed by atoms with Gasteiger partial charge in [0.25, 0.3) is 0 Å². The molecule has 0 unspecified atom stereocenters. The van der Waals surface area contributed by atoms with Gasteiger partial charge in [-0.05, 0) is 13.0 Å². The number of rotatable bonds is 2. The third-order valence-corrected chi connectivity index (χ3v) is 1.47. The molecule has 0 aromatic rings. The summed E-state index contributed by atoms with van der Waals surface area (Å²) in [6.45, 7) is 3.60. The molecule has 0 fully saturated rings. The van der Waals surface area contributed by atoms with Crippen LogP contribution in [0.1, 0.15) is 6.92 Å². The van der Waals surface area contributed by atoms with Crippen LogP contribution >= 0.6 is 0 Å². The average Bonchev–Trinajstić information content (AvgIpc) is 2.27. The molecule has 0 saturated carbocycles. The molecular weight excluding hydrogens is 225 g/mol. The molecule has 0 aromatic carbocycles. The Bertz CT molecular complexity index is 290. The standard InChI is InChI=1S/C9H14NO.BF4/c1-3-11-9-6-4-5-7-10(2)8-9;2-1(3,4)5/h4-7H,3,8H2,1-2H3;/q+1;-1. The van der Waals surface area contributed by atoms with E-state index in [0.29, 0.717) is 0 Å². The van der Waals surface area contributed by atoms with Crippen LogP contribution in [0.5, 0.6) is 0 Å². The average molecular weight is 239 g/mol. The summed E-state index contributed by atoms with van der Waals surface area (Å²) in [7, 11) is -3.97. The second-order valence-corrected chi connectivity index (χ2v) is 3.01. The molecule has 0 saturated heterocycles. The first-order chi connectivity index (χ1) is 7.33. The number of halogens is 4. The van der Waals surface area contributed by atoms with E-state index >= 15 is 0 Å². The Morgan fingerprint density at radius 3 is 2.38 bits per heavy atom. The molecule has 0 amide bonds. The highest BCUT2D eigenvalue weighted by Gasteiger charge is 2.20. The number of nitrogens with zero attached hydrogens (tertiary/aromatic N) is 1. The van der Waals surface area contributed by atoms with Crippen LogP contribution in [0.15, 0.2) is 24.0 Å². The number of likely N-dealkylation sites (N-methyl/N-ethyl adjacent to an activating group) is 1. The number of hydrogen-bond donors (Lipinski definition) is 0. The maximum atomic E-state index is 9.75. The first-order valence-corrected chi connectivity index (χ1v) is 4.74. The van der Waals surface area contributed by atoms with Crippen molar-refractivity contribution < 1.29 is 26.6 Å².